The molecule has 0 atom stereocenters. The third-order valence-electron chi connectivity index (χ3n) is 1.95. The van der Waals surface area contributed by atoms with Gasteiger partial charge >= 0.3 is 0 Å². The van der Waals surface area contributed by atoms with E-state index in [1.807, 2.05) is 30.3 Å². The van der Waals surface area contributed by atoms with Crippen molar-refractivity contribution in [3.8, 4) is 0 Å². The van der Waals surface area contributed by atoms with Crippen LogP contribution in [-0.4, -0.2) is 5.78 Å². The summed E-state index contributed by atoms with van der Waals surface area (Å²) in [7, 11) is 0. The van der Waals surface area contributed by atoms with Crippen molar-refractivity contribution in [2.24, 2.45) is 0 Å². The predicted octanol–water partition coefficient (Wildman–Crippen LogP) is 3.26. The summed E-state index contributed by atoms with van der Waals surface area (Å²) in [5, 5.41) is 0. The predicted molar refractivity (Wildman–Crippen MR) is 54.6 cm³/mol. The summed E-state index contributed by atoms with van der Waals surface area (Å²) in [6.45, 7) is 2.13. The molecule has 0 bridgehead atoms. The van der Waals surface area contributed by atoms with Crippen LogP contribution in [-0.2, 0) is 0 Å². The zero-order valence-corrected chi connectivity index (χ0v) is 7.99. The van der Waals surface area contributed by atoms with Crippen molar-refractivity contribution in [3.63, 3.8) is 0 Å². The number of unbranched alkanes of at least 4 members (excludes halogenated alkanes) is 2. The Balaban J connectivity index is 2.40. The number of carbonyl (C=O) groups is 1. The fourth-order valence-electron chi connectivity index (χ4n) is 1.16. The van der Waals surface area contributed by atoms with Crippen molar-refractivity contribution in [1.82, 2.24) is 0 Å². The Kier molecular flexibility index (Phi) is 4.24. The Labute approximate surface area is 79.8 Å². The van der Waals surface area contributed by atoms with Crippen LogP contribution in [0.5, 0.6) is 0 Å². The van der Waals surface area contributed by atoms with Crippen molar-refractivity contribution in [1.29, 1.82) is 0 Å². The average molecular weight is 175 g/mol. The molecule has 0 aliphatic carbocycles. The number of carbonyl (C=O) groups excluding carboxylic acids is 1. The molecule has 0 unspecified atom stereocenters. The molecule has 1 aromatic rings. The first kappa shape index (κ1) is 9.97. The Morgan fingerprint density at radius 3 is 2.62 bits per heavy atom. The lowest BCUT2D eigenvalue weighted by atomic mass is 10.1. The molecule has 0 aliphatic rings. The summed E-state index contributed by atoms with van der Waals surface area (Å²) >= 11 is 0. The Bertz CT molecular complexity index is 251. The molecule has 0 heterocycles. The zero-order chi connectivity index (χ0) is 9.52. The minimum atomic E-state index is 0.147. The number of hydrogen-bond acceptors (Lipinski definition) is 1. The lowest BCUT2D eigenvalue weighted by Crippen LogP contribution is -1.98. The number of hydrogen-bond donors (Lipinski definition) is 0. The summed E-state index contributed by atoms with van der Waals surface area (Å²) in [6.07, 6.45) is 4.90. The van der Waals surface area contributed by atoms with E-state index < -0.39 is 0 Å². The molecule has 13 heavy (non-hydrogen) atoms. The average Bonchev–Trinajstić information content (AvgIpc) is 2.19. The Morgan fingerprint density at radius 1 is 1.31 bits per heavy atom. The molecule has 0 N–H and O–H groups in total. The molecule has 0 aromatic heterocycles. The third-order valence-corrected chi connectivity index (χ3v) is 1.95. The third kappa shape index (κ3) is 3.41. The van der Waals surface area contributed by atoms with Crippen LogP contribution in [0.1, 0.15) is 36.5 Å². The van der Waals surface area contributed by atoms with E-state index >= 15 is 0 Å². The summed E-state index contributed by atoms with van der Waals surface area (Å²) in [4.78, 5) is 11.5. The van der Waals surface area contributed by atoms with Gasteiger partial charge < -0.3 is 0 Å². The fourth-order valence-corrected chi connectivity index (χ4v) is 1.16. The SMILES string of the molecule is CCCC[CH]C(=O)c1ccccc1. The molecule has 1 radical (unpaired) electrons. The van der Waals surface area contributed by atoms with Gasteiger partial charge in [0.2, 0.25) is 0 Å². The van der Waals surface area contributed by atoms with E-state index in [4.69, 9.17) is 0 Å². The molecule has 0 amide bonds. The van der Waals surface area contributed by atoms with E-state index in [1.54, 1.807) is 6.42 Å². The highest BCUT2D eigenvalue weighted by molar-refractivity contribution is 6.02. The van der Waals surface area contributed by atoms with Gasteiger partial charge in [0, 0.05) is 12.0 Å². The monoisotopic (exact) mass is 175 g/mol. The van der Waals surface area contributed by atoms with Gasteiger partial charge in [-0.3, -0.25) is 4.79 Å². The normalized spacial score (nSPS) is 9.92. The van der Waals surface area contributed by atoms with Gasteiger partial charge in [-0.15, -0.1) is 0 Å². The number of rotatable bonds is 5. The second-order valence-electron chi connectivity index (χ2n) is 3.08. The van der Waals surface area contributed by atoms with Crippen LogP contribution in [0.3, 0.4) is 0 Å². The van der Waals surface area contributed by atoms with Crippen molar-refractivity contribution < 1.29 is 4.79 Å². The molecule has 0 saturated carbocycles. The summed E-state index contributed by atoms with van der Waals surface area (Å²) in [6, 6.07) is 9.40. The first-order valence-corrected chi connectivity index (χ1v) is 4.77. The van der Waals surface area contributed by atoms with Crippen LogP contribution < -0.4 is 0 Å². The van der Waals surface area contributed by atoms with Crippen molar-refractivity contribution >= 4 is 5.78 Å². The van der Waals surface area contributed by atoms with E-state index in [0.717, 1.165) is 24.8 Å². The van der Waals surface area contributed by atoms with Crippen molar-refractivity contribution in [3.05, 3.63) is 42.3 Å². The molecule has 69 valence electrons. The summed E-state index contributed by atoms with van der Waals surface area (Å²) in [5.74, 6) is 0.147. The summed E-state index contributed by atoms with van der Waals surface area (Å²) < 4.78 is 0. The second kappa shape index (κ2) is 5.52. The largest absolute Gasteiger partial charge is 0.294 e. The fraction of sp³-hybridized carbons (Fsp3) is 0.333. The van der Waals surface area contributed by atoms with Gasteiger partial charge in [-0.05, 0) is 6.42 Å². The molecule has 0 aliphatic heterocycles. The van der Waals surface area contributed by atoms with Crippen LogP contribution >= 0.6 is 0 Å². The number of ketones is 1. The molecular formula is C12H15O. The number of benzene rings is 1. The molecule has 0 fully saturated rings. The Morgan fingerprint density at radius 2 is 2.00 bits per heavy atom. The van der Waals surface area contributed by atoms with E-state index in [2.05, 4.69) is 6.92 Å². The molecule has 0 spiro atoms. The maximum Gasteiger partial charge on any atom is 0.166 e. The highest BCUT2D eigenvalue weighted by Gasteiger charge is 2.03. The molecular weight excluding hydrogens is 160 g/mol. The van der Waals surface area contributed by atoms with Gasteiger partial charge in [-0.2, -0.15) is 0 Å². The summed E-state index contributed by atoms with van der Waals surface area (Å²) in [5.41, 5.74) is 0.790. The highest BCUT2D eigenvalue weighted by atomic mass is 16.1. The maximum absolute atomic E-state index is 11.5. The van der Waals surface area contributed by atoms with Gasteiger partial charge in [-0.25, -0.2) is 0 Å². The maximum atomic E-state index is 11.5. The van der Waals surface area contributed by atoms with Crippen LogP contribution in [0.25, 0.3) is 0 Å². The van der Waals surface area contributed by atoms with Gasteiger partial charge in [0.15, 0.2) is 5.78 Å². The quantitative estimate of drug-likeness (QED) is 0.496. The lowest BCUT2D eigenvalue weighted by molar-refractivity contribution is 0.102. The van der Waals surface area contributed by atoms with E-state index in [0.29, 0.717) is 0 Å². The van der Waals surface area contributed by atoms with Crippen LogP contribution in [0.4, 0.5) is 0 Å². The van der Waals surface area contributed by atoms with Gasteiger partial charge in [-0.1, -0.05) is 50.1 Å². The van der Waals surface area contributed by atoms with Gasteiger partial charge in [0.25, 0.3) is 0 Å². The number of Topliss-reactive ketones (excluding diaryl/α,β-unsaturated/α-hetero) is 1. The minimum absolute atomic E-state index is 0.147. The molecule has 1 nitrogen and oxygen atoms in total. The topological polar surface area (TPSA) is 17.1 Å². The van der Waals surface area contributed by atoms with Crippen molar-refractivity contribution in [2.45, 2.75) is 26.2 Å². The second-order valence-corrected chi connectivity index (χ2v) is 3.08. The van der Waals surface area contributed by atoms with Crippen LogP contribution in [0, 0.1) is 6.42 Å². The molecule has 1 heteroatoms. The lowest BCUT2D eigenvalue weighted by Gasteiger charge is -1.98. The standard InChI is InChI=1S/C12H15O/c1-2-3-5-10-12(13)11-8-6-4-7-9-11/h4,6-10H,2-3,5H2,1H3. The molecule has 1 rings (SSSR count). The van der Waals surface area contributed by atoms with Gasteiger partial charge in [0.05, 0.1) is 0 Å². The first-order valence-electron chi connectivity index (χ1n) is 4.77. The van der Waals surface area contributed by atoms with Gasteiger partial charge in [0.1, 0.15) is 0 Å². The first-order chi connectivity index (χ1) is 6.34. The molecule has 0 saturated heterocycles. The van der Waals surface area contributed by atoms with E-state index in [-0.39, 0.29) is 5.78 Å². The van der Waals surface area contributed by atoms with E-state index in [9.17, 15) is 4.79 Å². The molecule has 1 aromatic carbocycles. The minimum Gasteiger partial charge on any atom is -0.294 e. The van der Waals surface area contributed by atoms with Crippen LogP contribution in [0.2, 0.25) is 0 Å². The van der Waals surface area contributed by atoms with Crippen LogP contribution in [0.15, 0.2) is 30.3 Å². The smallest absolute Gasteiger partial charge is 0.166 e. The highest BCUT2D eigenvalue weighted by Crippen LogP contribution is 2.06. The van der Waals surface area contributed by atoms with Crippen molar-refractivity contribution in [2.75, 3.05) is 0 Å². The Hall–Kier alpha value is -1.11. The van der Waals surface area contributed by atoms with E-state index in [1.165, 1.54) is 0 Å². The zero-order valence-electron chi connectivity index (χ0n) is 7.99.